The summed E-state index contributed by atoms with van der Waals surface area (Å²) in [7, 11) is 0. The Kier molecular flexibility index (Phi) is 3.55. The van der Waals surface area contributed by atoms with E-state index in [2.05, 4.69) is 0 Å². The van der Waals surface area contributed by atoms with Crippen LogP contribution in [0.15, 0.2) is 27.4 Å². The number of hydrogen-bond acceptors (Lipinski definition) is 5. The second kappa shape index (κ2) is 5.30. The minimum Gasteiger partial charge on any atom is -0.507 e. The van der Waals surface area contributed by atoms with Gasteiger partial charge in [0.2, 0.25) is 0 Å². The van der Waals surface area contributed by atoms with Gasteiger partial charge < -0.3 is 19.2 Å². The van der Waals surface area contributed by atoms with Crippen LogP contribution >= 0.6 is 0 Å². The molecule has 2 heterocycles. The van der Waals surface area contributed by atoms with Gasteiger partial charge in [-0.15, -0.1) is 0 Å². The molecular formula is C17H19NO5. The van der Waals surface area contributed by atoms with Gasteiger partial charge in [-0.1, -0.05) is 6.07 Å². The first-order valence-electron chi connectivity index (χ1n) is 7.50. The molecule has 1 aromatic carbocycles. The number of hydrogen-bond donors (Lipinski definition) is 1. The van der Waals surface area contributed by atoms with Crippen molar-refractivity contribution in [1.29, 1.82) is 0 Å². The Morgan fingerprint density at radius 3 is 2.78 bits per heavy atom. The van der Waals surface area contributed by atoms with E-state index in [1.807, 2.05) is 26.8 Å². The summed E-state index contributed by atoms with van der Waals surface area (Å²) in [6.45, 7) is 6.27. The maximum absolute atomic E-state index is 12.3. The van der Waals surface area contributed by atoms with Gasteiger partial charge in [0.1, 0.15) is 16.9 Å². The number of ether oxygens (including phenoxy) is 1. The zero-order valence-corrected chi connectivity index (χ0v) is 13.4. The Hall–Kier alpha value is -2.50. The number of amides is 1. The molecule has 0 unspecified atom stereocenters. The van der Waals surface area contributed by atoms with Gasteiger partial charge in [0.25, 0.3) is 0 Å². The third kappa shape index (κ3) is 3.02. The Morgan fingerprint density at radius 1 is 1.35 bits per heavy atom. The predicted molar refractivity (Wildman–Crippen MR) is 84.5 cm³/mol. The van der Waals surface area contributed by atoms with Crippen LogP contribution in [0.3, 0.4) is 0 Å². The van der Waals surface area contributed by atoms with E-state index in [9.17, 15) is 14.7 Å². The molecule has 1 amide bonds. The molecule has 122 valence electrons. The standard InChI is InChI=1S/C17H19NO5/c1-17(2,3)23-16(21)18-7-6-10-4-5-11-13(19)8-14(20)22-15(11)12(10)9-18/h4-5,8,19H,6-7,9H2,1-3H3. The fraction of sp³-hybridized carbons (Fsp3) is 0.412. The van der Waals surface area contributed by atoms with Crippen LogP contribution in [0.25, 0.3) is 11.0 Å². The SMILES string of the molecule is CC(C)(C)OC(=O)N1CCc2ccc3c(O)cc(=O)oc3c2C1. The van der Waals surface area contributed by atoms with Crippen molar-refractivity contribution in [3.8, 4) is 5.75 Å². The molecule has 0 saturated heterocycles. The van der Waals surface area contributed by atoms with Crippen molar-refractivity contribution in [3.05, 3.63) is 39.7 Å². The number of nitrogens with zero attached hydrogens (tertiary/aromatic N) is 1. The summed E-state index contributed by atoms with van der Waals surface area (Å²) in [6, 6.07) is 4.67. The molecule has 0 atom stereocenters. The summed E-state index contributed by atoms with van der Waals surface area (Å²) < 4.78 is 10.7. The second-order valence-electron chi connectivity index (χ2n) is 6.68. The molecule has 0 fully saturated rings. The highest BCUT2D eigenvalue weighted by Gasteiger charge is 2.27. The quantitative estimate of drug-likeness (QED) is 0.756. The summed E-state index contributed by atoms with van der Waals surface area (Å²) in [6.07, 6.45) is 0.242. The normalized spacial score (nSPS) is 14.7. The highest BCUT2D eigenvalue weighted by molar-refractivity contribution is 5.87. The van der Waals surface area contributed by atoms with E-state index in [0.717, 1.165) is 17.2 Å². The van der Waals surface area contributed by atoms with Crippen molar-refractivity contribution in [2.45, 2.75) is 39.3 Å². The molecule has 3 rings (SSSR count). The van der Waals surface area contributed by atoms with Crippen LogP contribution in [0, 0.1) is 0 Å². The van der Waals surface area contributed by atoms with Crippen molar-refractivity contribution in [2.75, 3.05) is 6.54 Å². The summed E-state index contributed by atoms with van der Waals surface area (Å²) in [5.74, 6) is -0.117. The maximum atomic E-state index is 12.3. The second-order valence-corrected chi connectivity index (χ2v) is 6.68. The van der Waals surface area contributed by atoms with E-state index in [4.69, 9.17) is 9.15 Å². The van der Waals surface area contributed by atoms with E-state index in [-0.39, 0.29) is 12.3 Å². The zero-order chi connectivity index (χ0) is 16.8. The Labute approximate surface area is 133 Å². The van der Waals surface area contributed by atoms with Crippen LogP contribution in [0.4, 0.5) is 4.79 Å². The molecule has 1 N–H and O–H groups in total. The van der Waals surface area contributed by atoms with Crippen molar-refractivity contribution in [2.24, 2.45) is 0 Å². The van der Waals surface area contributed by atoms with Crippen LogP contribution in [-0.4, -0.2) is 28.2 Å². The van der Waals surface area contributed by atoms with Gasteiger partial charge in [0.15, 0.2) is 0 Å². The van der Waals surface area contributed by atoms with Gasteiger partial charge in [0.05, 0.1) is 18.0 Å². The van der Waals surface area contributed by atoms with Crippen LogP contribution in [0.2, 0.25) is 0 Å². The van der Waals surface area contributed by atoms with Gasteiger partial charge in [-0.05, 0) is 38.8 Å². The largest absolute Gasteiger partial charge is 0.507 e. The molecule has 0 radical (unpaired) electrons. The number of fused-ring (bicyclic) bond motifs is 3. The minimum atomic E-state index is -0.613. The smallest absolute Gasteiger partial charge is 0.410 e. The number of rotatable bonds is 0. The molecule has 1 aromatic heterocycles. The summed E-state index contributed by atoms with van der Waals surface area (Å²) >= 11 is 0. The average molecular weight is 317 g/mol. The highest BCUT2D eigenvalue weighted by Crippen LogP contribution is 2.31. The molecule has 0 aliphatic carbocycles. The van der Waals surface area contributed by atoms with Crippen molar-refractivity contribution in [1.82, 2.24) is 4.90 Å². The molecule has 1 aliphatic heterocycles. The highest BCUT2D eigenvalue weighted by atomic mass is 16.6. The molecule has 0 saturated carbocycles. The first-order valence-corrected chi connectivity index (χ1v) is 7.50. The van der Waals surface area contributed by atoms with Gasteiger partial charge in [0, 0.05) is 12.1 Å². The van der Waals surface area contributed by atoms with Gasteiger partial charge >= 0.3 is 11.7 Å². The van der Waals surface area contributed by atoms with Gasteiger partial charge in [-0.3, -0.25) is 0 Å². The van der Waals surface area contributed by atoms with E-state index in [1.165, 1.54) is 0 Å². The summed E-state index contributed by atoms with van der Waals surface area (Å²) in [5, 5.41) is 10.4. The monoisotopic (exact) mass is 317 g/mol. The lowest BCUT2D eigenvalue weighted by Crippen LogP contribution is -2.40. The first-order chi connectivity index (χ1) is 10.7. The van der Waals surface area contributed by atoms with Crippen LogP contribution in [0.1, 0.15) is 31.9 Å². The molecule has 2 aromatic rings. The zero-order valence-electron chi connectivity index (χ0n) is 13.4. The van der Waals surface area contributed by atoms with Crippen LogP contribution in [-0.2, 0) is 17.7 Å². The fourth-order valence-electron chi connectivity index (χ4n) is 2.72. The third-order valence-electron chi connectivity index (χ3n) is 3.74. The molecule has 1 aliphatic rings. The average Bonchev–Trinajstić information content (AvgIpc) is 2.44. The van der Waals surface area contributed by atoms with Crippen molar-refractivity contribution in [3.63, 3.8) is 0 Å². The molecule has 23 heavy (non-hydrogen) atoms. The van der Waals surface area contributed by atoms with E-state index in [0.29, 0.717) is 23.9 Å². The predicted octanol–water partition coefficient (Wildman–Crippen LogP) is 2.79. The number of aromatic hydroxyl groups is 1. The topological polar surface area (TPSA) is 80.0 Å². The molecule has 0 spiro atoms. The van der Waals surface area contributed by atoms with Crippen molar-refractivity contribution >= 4 is 17.1 Å². The molecule has 6 heteroatoms. The number of carbonyl (C=O) groups excluding carboxylic acids is 1. The summed E-state index contributed by atoms with van der Waals surface area (Å²) in [5.41, 5.74) is 0.901. The molecule has 0 bridgehead atoms. The van der Waals surface area contributed by atoms with Gasteiger partial charge in [-0.25, -0.2) is 9.59 Å². The molecule has 6 nitrogen and oxygen atoms in total. The van der Waals surface area contributed by atoms with E-state index < -0.39 is 17.3 Å². The van der Waals surface area contributed by atoms with Crippen molar-refractivity contribution < 1.29 is 19.1 Å². The summed E-state index contributed by atoms with van der Waals surface area (Å²) in [4.78, 5) is 25.4. The van der Waals surface area contributed by atoms with Crippen LogP contribution in [0.5, 0.6) is 5.75 Å². The minimum absolute atomic E-state index is 0.117. The number of carbonyl (C=O) groups is 1. The van der Waals surface area contributed by atoms with Crippen LogP contribution < -0.4 is 5.63 Å². The Balaban J connectivity index is 2.00. The fourth-order valence-corrected chi connectivity index (χ4v) is 2.72. The van der Waals surface area contributed by atoms with E-state index in [1.54, 1.807) is 11.0 Å². The maximum Gasteiger partial charge on any atom is 0.410 e. The lowest BCUT2D eigenvalue weighted by atomic mass is 9.97. The third-order valence-corrected chi connectivity index (χ3v) is 3.74. The number of benzene rings is 1. The first kappa shape index (κ1) is 15.4. The van der Waals surface area contributed by atoms with E-state index >= 15 is 0 Å². The lowest BCUT2D eigenvalue weighted by molar-refractivity contribution is 0.0224. The molecular weight excluding hydrogens is 298 g/mol. The Bertz CT molecular complexity index is 831. The lowest BCUT2D eigenvalue weighted by Gasteiger charge is -2.31. The van der Waals surface area contributed by atoms with Gasteiger partial charge in [-0.2, -0.15) is 0 Å². The Morgan fingerprint density at radius 2 is 2.09 bits per heavy atom.